The molecule has 0 atom stereocenters. The molecule has 0 amide bonds. The van der Waals surface area contributed by atoms with E-state index >= 15 is 0 Å². The van der Waals surface area contributed by atoms with Crippen molar-refractivity contribution >= 4 is 36.1 Å². The standard InChI is InChI=1S/C12H13N3O2.C3H6O2S.C3H6O2/c16-9-7-8(13-1-2-13)12(17)11(15-5-6-15)10(9)14-3-4-14;4-3(5)1-2-6;1-2-3(4)5/h7H,1-6H2;6H,1-2H2,(H,4,5);2H2,1H3,(H,4,5). The SMILES string of the molecule is CCC(=O)O.O=C(O)CCS.O=C1C=C(N2CC2)C(=O)C(N2CC2)=C1N1CC1. The van der Waals surface area contributed by atoms with Gasteiger partial charge in [-0.3, -0.25) is 19.2 Å². The maximum atomic E-state index is 12.4. The molecule has 0 radical (unpaired) electrons. The fraction of sp³-hybridized carbons (Fsp3) is 0.556. The topological polar surface area (TPSA) is 118 Å². The molecule has 2 N–H and O–H groups in total. The summed E-state index contributed by atoms with van der Waals surface area (Å²) >= 11 is 3.68. The number of hydrogen-bond donors (Lipinski definition) is 3. The first-order valence-electron chi connectivity index (χ1n) is 9.14. The number of carbonyl (C=O) groups excluding carboxylic acids is 2. The zero-order chi connectivity index (χ0) is 20.8. The van der Waals surface area contributed by atoms with E-state index in [1.54, 1.807) is 6.92 Å². The largest absolute Gasteiger partial charge is 0.481 e. The Balaban J connectivity index is 0.000000215. The molecule has 0 aromatic rings. The first kappa shape index (κ1) is 21.8. The highest BCUT2D eigenvalue weighted by molar-refractivity contribution is 7.80. The molecule has 10 heteroatoms. The summed E-state index contributed by atoms with van der Waals surface area (Å²) in [6.45, 7) is 7.01. The normalized spacial score (nSPS) is 19.2. The van der Waals surface area contributed by atoms with Gasteiger partial charge in [0.05, 0.1) is 12.1 Å². The van der Waals surface area contributed by atoms with Crippen LogP contribution >= 0.6 is 12.6 Å². The van der Waals surface area contributed by atoms with Crippen molar-refractivity contribution in [2.45, 2.75) is 19.8 Å². The average Bonchev–Trinajstić information content (AvgIpc) is 3.49. The van der Waals surface area contributed by atoms with Gasteiger partial charge in [0, 0.05) is 57.5 Å². The lowest BCUT2D eigenvalue weighted by molar-refractivity contribution is -0.137. The van der Waals surface area contributed by atoms with Crippen molar-refractivity contribution in [2.24, 2.45) is 0 Å². The van der Waals surface area contributed by atoms with Crippen LogP contribution in [0, 0.1) is 0 Å². The van der Waals surface area contributed by atoms with Crippen LogP contribution in [-0.4, -0.2) is 93.4 Å². The molecular formula is C18H25N3O6S. The van der Waals surface area contributed by atoms with Crippen LogP contribution in [0.15, 0.2) is 23.2 Å². The molecule has 9 nitrogen and oxygen atoms in total. The van der Waals surface area contributed by atoms with Gasteiger partial charge < -0.3 is 24.9 Å². The first-order chi connectivity index (χ1) is 13.3. The molecule has 0 spiro atoms. The fourth-order valence-electron chi connectivity index (χ4n) is 2.37. The van der Waals surface area contributed by atoms with Crippen molar-refractivity contribution in [3.8, 4) is 0 Å². The Hall–Kier alpha value is -2.49. The Morgan fingerprint density at radius 1 is 0.929 bits per heavy atom. The lowest BCUT2D eigenvalue weighted by Crippen LogP contribution is -2.29. The number of rotatable bonds is 6. The summed E-state index contributed by atoms with van der Waals surface area (Å²) in [6.07, 6.45) is 1.90. The molecule has 0 bridgehead atoms. The highest BCUT2D eigenvalue weighted by Crippen LogP contribution is 2.33. The predicted octanol–water partition coefficient (Wildman–Crippen LogP) is 0.0524. The van der Waals surface area contributed by atoms with Crippen LogP contribution in [0.1, 0.15) is 19.8 Å². The lowest BCUT2D eigenvalue weighted by Gasteiger charge is -2.21. The summed E-state index contributed by atoms with van der Waals surface area (Å²) in [7, 11) is 0. The number of thiol groups is 1. The molecule has 3 saturated heterocycles. The number of Topliss-reactive ketones (excluding diaryl/α,β-unsaturated/α-hetero) is 1. The van der Waals surface area contributed by atoms with Gasteiger partial charge in [-0.15, -0.1) is 0 Å². The van der Waals surface area contributed by atoms with Crippen LogP contribution in [0.3, 0.4) is 0 Å². The summed E-state index contributed by atoms with van der Waals surface area (Å²) in [5.74, 6) is -1.06. The zero-order valence-corrected chi connectivity index (χ0v) is 16.7. The van der Waals surface area contributed by atoms with Gasteiger partial charge in [-0.1, -0.05) is 6.92 Å². The summed E-state index contributed by atoms with van der Waals surface area (Å²) < 4.78 is 0. The molecule has 3 fully saturated rings. The smallest absolute Gasteiger partial charge is 0.304 e. The van der Waals surface area contributed by atoms with Gasteiger partial charge in [-0.2, -0.15) is 12.6 Å². The highest BCUT2D eigenvalue weighted by atomic mass is 32.1. The maximum Gasteiger partial charge on any atom is 0.304 e. The third kappa shape index (κ3) is 6.29. The summed E-state index contributed by atoms with van der Waals surface area (Å²) in [5, 5.41) is 15.6. The van der Waals surface area contributed by atoms with Crippen LogP contribution in [0.5, 0.6) is 0 Å². The van der Waals surface area contributed by atoms with Gasteiger partial charge in [0.15, 0.2) is 0 Å². The second-order valence-corrected chi connectivity index (χ2v) is 6.94. The molecular weight excluding hydrogens is 386 g/mol. The van der Waals surface area contributed by atoms with Crippen LogP contribution in [-0.2, 0) is 19.2 Å². The number of hydrogen-bond acceptors (Lipinski definition) is 8. The van der Waals surface area contributed by atoms with E-state index in [2.05, 4.69) is 12.6 Å². The van der Waals surface area contributed by atoms with E-state index in [-0.39, 0.29) is 24.4 Å². The number of allylic oxidation sites excluding steroid dienone is 1. The Labute approximate surface area is 168 Å². The minimum absolute atomic E-state index is 0.00546. The van der Waals surface area contributed by atoms with E-state index in [4.69, 9.17) is 10.2 Å². The first-order valence-corrected chi connectivity index (χ1v) is 9.77. The maximum absolute atomic E-state index is 12.4. The van der Waals surface area contributed by atoms with Crippen molar-refractivity contribution < 1.29 is 29.4 Å². The van der Waals surface area contributed by atoms with Crippen LogP contribution in [0.4, 0.5) is 0 Å². The number of carbonyl (C=O) groups is 4. The molecule has 3 aliphatic heterocycles. The summed E-state index contributed by atoms with van der Waals surface area (Å²) in [6, 6.07) is 0. The van der Waals surface area contributed by atoms with E-state index in [0.29, 0.717) is 22.8 Å². The van der Waals surface area contributed by atoms with Crippen LogP contribution < -0.4 is 0 Å². The van der Waals surface area contributed by atoms with Gasteiger partial charge in [-0.05, 0) is 0 Å². The van der Waals surface area contributed by atoms with E-state index in [1.165, 1.54) is 6.08 Å². The Morgan fingerprint density at radius 3 is 1.71 bits per heavy atom. The molecule has 28 heavy (non-hydrogen) atoms. The van der Waals surface area contributed by atoms with Crippen LogP contribution in [0.2, 0.25) is 0 Å². The van der Waals surface area contributed by atoms with E-state index < -0.39 is 11.9 Å². The van der Waals surface area contributed by atoms with Crippen molar-refractivity contribution in [1.29, 1.82) is 0 Å². The molecule has 0 saturated carbocycles. The molecule has 154 valence electrons. The monoisotopic (exact) mass is 411 g/mol. The fourth-order valence-corrected chi connectivity index (χ4v) is 2.56. The summed E-state index contributed by atoms with van der Waals surface area (Å²) in [5.41, 5.74) is 1.89. The Kier molecular flexibility index (Phi) is 7.50. The number of ketones is 2. The number of carboxylic acids is 2. The lowest BCUT2D eigenvalue weighted by atomic mass is 10.0. The summed E-state index contributed by atoms with van der Waals surface area (Å²) in [4.78, 5) is 49.4. The minimum Gasteiger partial charge on any atom is -0.481 e. The van der Waals surface area contributed by atoms with E-state index in [1.807, 2.05) is 14.7 Å². The predicted molar refractivity (Wildman–Crippen MR) is 104 cm³/mol. The highest BCUT2D eigenvalue weighted by Gasteiger charge is 2.43. The third-order valence-corrected chi connectivity index (χ3v) is 4.34. The van der Waals surface area contributed by atoms with Crippen molar-refractivity contribution in [1.82, 2.24) is 14.7 Å². The van der Waals surface area contributed by atoms with Gasteiger partial charge in [0.2, 0.25) is 11.6 Å². The van der Waals surface area contributed by atoms with Gasteiger partial charge in [0.25, 0.3) is 0 Å². The Morgan fingerprint density at radius 2 is 1.39 bits per heavy atom. The Bertz CT molecular complexity index is 721. The number of aliphatic carboxylic acids is 2. The molecule has 0 unspecified atom stereocenters. The van der Waals surface area contributed by atoms with E-state index in [9.17, 15) is 19.2 Å². The van der Waals surface area contributed by atoms with Gasteiger partial charge in [-0.25, -0.2) is 0 Å². The quantitative estimate of drug-likeness (QED) is 0.317. The van der Waals surface area contributed by atoms with Gasteiger partial charge in [0.1, 0.15) is 11.4 Å². The average molecular weight is 411 g/mol. The number of nitrogens with zero attached hydrogens (tertiary/aromatic N) is 3. The number of carboxylic acid groups (broad SMARTS) is 2. The van der Waals surface area contributed by atoms with Crippen molar-refractivity contribution in [3.05, 3.63) is 23.2 Å². The third-order valence-electron chi connectivity index (χ3n) is 4.12. The second-order valence-electron chi connectivity index (χ2n) is 6.50. The van der Waals surface area contributed by atoms with Gasteiger partial charge >= 0.3 is 11.9 Å². The molecule has 4 aliphatic rings. The van der Waals surface area contributed by atoms with E-state index in [0.717, 1.165) is 39.3 Å². The molecule has 0 aromatic heterocycles. The van der Waals surface area contributed by atoms with Crippen LogP contribution in [0.25, 0.3) is 0 Å². The molecule has 1 aliphatic carbocycles. The zero-order valence-electron chi connectivity index (χ0n) is 15.8. The minimum atomic E-state index is -0.787. The van der Waals surface area contributed by atoms with Crippen molar-refractivity contribution in [2.75, 3.05) is 45.0 Å². The second kappa shape index (κ2) is 9.63. The van der Waals surface area contributed by atoms with Crippen molar-refractivity contribution in [3.63, 3.8) is 0 Å². The molecule has 3 heterocycles. The molecule has 0 aromatic carbocycles. The molecule has 4 rings (SSSR count).